The van der Waals surface area contributed by atoms with E-state index in [1.54, 1.807) is 0 Å². The highest BCUT2D eigenvalue weighted by Gasteiger charge is 2.24. The second-order valence-corrected chi connectivity index (χ2v) is 13.2. The van der Waals surface area contributed by atoms with Gasteiger partial charge in [0.2, 0.25) is 0 Å². The molecule has 2 nitrogen and oxygen atoms in total. The predicted molar refractivity (Wildman–Crippen MR) is 170 cm³/mol. The lowest BCUT2D eigenvalue weighted by atomic mass is 9.79. The molecule has 0 saturated carbocycles. The van der Waals surface area contributed by atoms with Crippen molar-refractivity contribution in [2.24, 2.45) is 23.7 Å². The van der Waals surface area contributed by atoms with Crippen molar-refractivity contribution < 1.29 is 9.90 Å². The minimum absolute atomic E-state index is 0.125. The summed E-state index contributed by atoms with van der Waals surface area (Å²) in [5.74, 6) is 1.61. The molecule has 0 heterocycles. The maximum Gasteiger partial charge on any atom is 0.306 e. The third-order valence-electron chi connectivity index (χ3n) is 8.87. The van der Waals surface area contributed by atoms with Crippen LogP contribution in [0.1, 0.15) is 202 Å². The van der Waals surface area contributed by atoms with Crippen LogP contribution in [0.15, 0.2) is 0 Å². The van der Waals surface area contributed by atoms with Crippen LogP contribution in [0.3, 0.4) is 0 Å². The normalized spacial score (nSPS) is 14.2. The van der Waals surface area contributed by atoms with Gasteiger partial charge in [-0.05, 0) is 37.0 Å². The number of hydrogen-bond donors (Lipinski definition) is 1. The van der Waals surface area contributed by atoms with Crippen LogP contribution in [0.5, 0.6) is 0 Å². The minimum atomic E-state index is -0.534. The van der Waals surface area contributed by atoms with Gasteiger partial charge in [-0.3, -0.25) is 4.79 Å². The molecular formula is C36H72O2. The smallest absolute Gasteiger partial charge is 0.306 e. The van der Waals surface area contributed by atoms with Crippen molar-refractivity contribution in [1.29, 1.82) is 0 Å². The molecular weight excluding hydrogens is 464 g/mol. The molecule has 228 valence electrons. The van der Waals surface area contributed by atoms with E-state index in [1.165, 1.54) is 148 Å². The van der Waals surface area contributed by atoms with Gasteiger partial charge >= 0.3 is 5.97 Å². The zero-order chi connectivity index (χ0) is 28.3. The van der Waals surface area contributed by atoms with Gasteiger partial charge < -0.3 is 5.11 Å². The summed E-state index contributed by atoms with van der Waals surface area (Å²) >= 11 is 0. The Morgan fingerprint density at radius 3 is 1.34 bits per heavy atom. The summed E-state index contributed by atoms with van der Waals surface area (Å²) in [6.07, 6.45) is 33.7. The molecule has 2 heteroatoms. The summed E-state index contributed by atoms with van der Waals surface area (Å²) in [6.45, 7) is 11.5. The fourth-order valence-electron chi connectivity index (χ4n) is 6.31. The van der Waals surface area contributed by atoms with E-state index in [-0.39, 0.29) is 5.92 Å². The highest BCUT2D eigenvalue weighted by Crippen LogP contribution is 2.32. The lowest BCUT2D eigenvalue weighted by Gasteiger charge is -2.26. The number of rotatable bonds is 30. The Morgan fingerprint density at radius 2 is 0.868 bits per heavy atom. The first-order chi connectivity index (χ1) is 18.4. The number of carboxylic acid groups (broad SMARTS) is 1. The van der Waals surface area contributed by atoms with E-state index < -0.39 is 5.97 Å². The second-order valence-electron chi connectivity index (χ2n) is 13.2. The van der Waals surface area contributed by atoms with Crippen molar-refractivity contribution in [1.82, 2.24) is 0 Å². The largest absolute Gasteiger partial charge is 0.481 e. The van der Waals surface area contributed by atoms with Gasteiger partial charge in [-0.15, -0.1) is 0 Å². The molecule has 3 unspecified atom stereocenters. The zero-order valence-electron chi connectivity index (χ0n) is 27.0. The molecule has 0 rings (SSSR count). The van der Waals surface area contributed by atoms with E-state index in [9.17, 15) is 9.90 Å². The Morgan fingerprint density at radius 1 is 0.474 bits per heavy atom. The van der Waals surface area contributed by atoms with Crippen LogP contribution >= 0.6 is 0 Å². The SMILES string of the molecule is CCCCCCC(CCCC)CC(CCCC)CC(CCCCCCCCCCCCCC(C)C)C(=O)O. The molecule has 3 atom stereocenters. The first-order valence-corrected chi connectivity index (χ1v) is 17.7. The standard InChI is InChI=1S/C36H72O2/c1-6-9-12-23-28-33(26-10-7-2)30-34(27-11-8-3)31-35(36(37)38)29-24-21-19-17-15-13-14-16-18-20-22-25-32(4)5/h32-35H,6-31H2,1-5H3,(H,37,38). The van der Waals surface area contributed by atoms with Crippen LogP contribution in [0, 0.1) is 23.7 Å². The highest BCUT2D eigenvalue weighted by atomic mass is 16.4. The average molecular weight is 537 g/mol. The van der Waals surface area contributed by atoms with Crippen molar-refractivity contribution in [3.8, 4) is 0 Å². The molecule has 0 aliphatic rings. The molecule has 0 aliphatic heterocycles. The highest BCUT2D eigenvalue weighted by molar-refractivity contribution is 5.69. The van der Waals surface area contributed by atoms with Gasteiger partial charge in [0.25, 0.3) is 0 Å². The van der Waals surface area contributed by atoms with Gasteiger partial charge in [0.05, 0.1) is 5.92 Å². The molecule has 0 bridgehead atoms. The Labute approximate surface area is 240 Å². The maximum absolute atomic E-state index is 12.2. The van der Waals surface area contributed by atoms with E-state index in [2.05, 4.69) is 34.6 Å². The molecule has 0 saturated heterocycles. The molecule has 0 amide bonds. The van der Waals surface area contributed by atoms with Crippen LogP contribution < -0.4 is 0 Å². The third-order valence-corrected chi connectivity index (χ3v) is 8.87. The van der Waals surface area contributed by atoms with Gasteiger partial charge in [0.1, 0.15) is 0 Å². The first-order valence-electron chi connectivity index (χ1n) is 17.7. The van der Waals surface area contributed by atoms with Crippen LogP contribution in [0.4, 0.5) is 0 Å². The van der Waals surface area contributed by atoms with E-state index >= 15 is 0 Å². The predicted octanol–water partition coefficient (Wildman–Crippen LogP) is 12.8. The Hall–Kier alpha value is -0.530. The van der Waals surface area contributed by atoms with Gasteiger partial charge in [0.15, 0.2) is 0 Å². The molecule has 38 heavy (non-hydrogen) atoms. The fraction of sp³-hybridized carbons (Fsp3) is 0.972. The molecule has 0 radical (unpaired) electrons. The van der Waals surface area contributed by atoms with Crippen LogP contribution in [0.25, 0.3) is 0 Å². The summed E-state index contributed by atoms with van der Waals surface area (Å²) in [6, 6.07) is 0. The summed E-state index contributed by atoms with van der Waals surface area (Å²) in [5, 5.41) is 10.0. The molecule has 0 fully saturated rings. The quantitative estimate of drug-likeness (QED) is 0.0927. The monoisotopic (exact) mass is 537 g/mol. The number of carboxylic acids is 1. The van der Waals surface area contributed by atoms with Gasteiger partial charge in [-0.1, -0.05) is 182 Å². The van der Waals surface area contributed by atoms with E-state index in [0.717, 1.165) is 31.1 Å². The van der Waals surface area contributed by atoms with E-state index in [1.807, 2.05) is 0 Å². The maximum atomic E-state index is 12.2. The fourth-order valence-corrected chi connectivity index (χ4v) is 6.31. The van der Waals surface area contributed by atoms with Crippen molar-refractivity contribution >= 4 is 5.97 Å². The molecule has 0 spiro atoms. The van der Waals surface area contributed by atoms with Gasteiger partial charge in [0, 0.05) is 0 Å². The number of unbranched alkanes of at least 4 members (excludes halogenated alkanes) is 15. The molecule has 0 aromatic rings. The zero-order valence-corrected chi connectivity index (χ0v) is 27.0. The van der Waals surface area contributed by atoms with E-state index in [4.69, 9.17) is 0 Å². The summed E-state index contributed by atoms with van der Waals surface area (Å²) in [5.41, 5.74) is 0. The second kappa shape index (κ2) is 28.0. The summed E-state index contributed by atoms with van der Waals surface area (Å²) in [4.78, 5) is 12.2. The van der Waals surface area contributed by atoms with Crippen molar-refractivity contribution in [3.05, 3.63) is 0 Å². The summed E-state index contributed by atoms with van der Waals surface area (Å²) < 4.78 is 0. The third kappa shape index (κ3) is 24.5. The van der Waals surface area contributed by atoms with Gasteiger partial charge in [-0.25, -0.2) is 0 Å². The van der Waals surface area contributed by atoms with Gasteiger partial charge in [-0.2, -0.15) is 0 Å². The molecule has 0 aromatic carbocycles. The first kappa shape index (κ1) is 37.5. The lowest BCUT2D eigenvalue weighted by molar-refractivity contribution is -0.142. The Kier molecular flexibility index (Phi) is 27.6. The number of hydrogen-bond acceptors (Lipinski definition) is 1. The van der Waals surface area contributed by atoms with Crippen molar-refractivity contribution in [3.63, 3.8) is 0 Å². The summed E-state index contributed by atoms with van der Waals surface area (Å²) in [7, 11) is 0. The van der Waals surface area contributed by atoms with Crippen LogP contribution in [-0.2, 0) is 4.79 Å². The molecule has 0 aliphatic carbocycles. The van der Waals surface area contributed by atoms with Crippen molar-refractivity contribution in [2.75, 3.05) is 0 Å². The minimum Gasteiger partial charge on any atom is -0.481 e. The lowest BCUT2D eigenvalue weighted by Crippen LogP contribution is -2.20. The van der Waals surface area contributed by atoms with Crippen molar-refractivity contribution in [2.45, 2.75) is 202 Å². The number of carbonyl (C=O) groups is 1. The average Bonchev–Trinajstić information content (AvgIpc) is 2.89. The number of aliphatic carboxylic acids is 1. The van der Waals surface area contributed by atoms with Crippen LogP contribution in [0.2, 0.25) is 0 Å². The Balaban J connectivity index is 4.31. The van der Waals surface area contributed by atoms with Crippen LogP contribution in [-0.4, -0.2) is 11.1 Å². The molecule has 0 aromatic heterocycles. The Bertz CT molecular complexity index is 486. The topological polar surface area (TPSA) is 37.3 Å². The molecule has 1 N–H and O–H groups in total. The van der Waals surface area contributed by atoms with E-state index in [0.29, 0.717) is 5.92 Å².